The number of hydrogen-bond acceptors (Lipinski definition) is 5. The van der Waals surface area contributed by atoms with Crippen molar-refractivity contribution in [2.75, 3.05) is 5.73 Å². The average molecular weight is 265 g/mol. The molecule has 0 fully saturated rings. The highest BCUT2D eigenvalue weighted by Gasteiger charge is 2.08. The van der Waals surface area contributed by atoms with Crippen LogP contribution in [0.2, 0.25) is 0 Å². The Morgan fingerprint density at radius 2 is 1.94 bits per heavy atom. The highest BCUT2D eigenvalue weighted by atomic mass is 32.2. The number of nitrogens with two attached hydrogens (primary N) is 2. The van der Waals surface area contributed by atoms with Crippen molar-refractivity contribution < 1.29 is 13.2 Å². The van der Waals surface area contributed by atoms with Crippen LogP contribution < -0.4 is 15.6 Å². The summed E-state index contributed by atoms with van der Waals surface area (Å²) in [4.78, 5) is 3.78. The van der Waals surface area contributed by atoms with E-state index in [-0.39, 0.29) is 10.8 Å². The first kappa shape index (κ1) is 12.3. The van der Waals surface area contributed by atoms with Gasteiger partial charge in [0.25, 0.3) is 0 Å². The molecule has 0 atom stereocenters. The predicted molar refractivity (Wildman–Crippen MR) is 66.5 cm³/mol. The summed E-state index contributed by atoms with van der Waals surface area (Å²) in [5, 5.41) is 4.95. The van der Waals surface area contributed by atoms with E-state index in [1.165, 1.54) is 12.1 Å². The molecule has 94 valence electrons. The lowest BCUT2D eigenvalue weighted by Crippen LogP contribution is -2.12. The summed E-state index contributed by atoms with van der Waals surface area (Å²) in [6.07, 6.45) is 1.14. The molecule has 0 saturated heterocycles. The molecule has 0 spiro atoms. The van der Waals surface area contributed by atoms with E-state index in [2.05, 4.69) is 4.98 Å². The maximum absolute atomic E-state index is 11.0. The van der Waals surface area contributed by atoms with Crippen LogP contribution in [0.15, 0.2) is 47.5 Å². The first-order valence-corrected chi connectivity index (χ1v) is 6.52. The fourth-order valence-corrected chi connectivity index (χ4v) is 1.75. The molecule has 1 heterocycles. The Kier molecular flexibility index (Phi) is 3.17. The fraction of sp³-hybridized carbons (Fsp3) is 0. The van der Waals surface area contributed by atoms with Crippen LogP contribution in [0.1, 0.15) is 0 Å². The Hall–Kier alpha value is -2.12. The van der Waals surface area contributed by atoms with Crippen molar-refractivity contribution in [2.24, 2.45) is 5.14 Å². The number of anilines is 1. The number of nitrogen functional groups attached to an aromatic ring is 1. The van der Waals surface area contributed by atoms with Crippen LogP contribution in [0.4, 0.5) is 5.69 Å². The minimum absolute atomic E-state index is 0.0672. The second-order valence-electron chi connectivity index (χ2n) is 3.55. The first-order valence-electron chi connectivity index (χ1n) is 4.97. The molecule has 7 heteroatoms. The van der Waals surface area contributed by atoms with E-state index in [1.54, 1.807) is 24.3 Å². The summed E-state index contributed by atoms with van der Waals surface area (Å²) in [6, 6.07) is 9.56. The average Bonchev–Trinajstić information content (AvgIpc) is 2.28. The Labute approximate surface area is 104 Å². The number of primary sulfonamides is 1. The number of sulfonamides is 1. The molecular formula is C11H11N3O3S. The molecule has 18 heavy (non-hydrogen) atoms. The summed E-state index contributed by atoms with van der Waals surface area (Å²) in [7, 11) is -3.74. The van der Waals surface area contributed by atoms with Gasteiger partial charge in [0.1, 0.15) is 10.6 Å². The Morgan fingerprint density at radius 1 is 1.17 bits per heavy atom. The van der Waals surface area contributed by atoms with Crippen molar-refractivity contribution >= 4 is 15.7 Å². The normalized spacial score (nSPS) is 11.2. The second-order valence-corrected chi connectivity index (χ2v) is 5.11. The van der Waals surface area contributed by atoms with E-state index in [4.69, 9.17) is 15.6 Å². The van der Waals surface area contributed by atoms with Crippen LogP contribution in [-0.4, -0.2) is 13.4 Å². The third kappa shape index (κ3) is 2.96. The molecule has 0 bridgehead atoms. The van der Waals surface area contributed by atoms with Crippen molar-refractivity contribution in [3.63, 3.8) is 0 Å². The quantitative estimate of drug-likeness (QED) is 0.808. The number of benzene rings is 1. The molecule has 1 aromatic heterocycles. The van der Waals surface area contributed by atoms with Gasteiger partial charge in [-0.05, 0) is 18.2 Å². The van der Waals surface area contributed by atoms with E-state index >= 15 is 0 Å². The lowest BCUT2D eigenvalue weighted by molar-refractivity contribution is 0.462. The topological polar surface area (TPSA) is 108 Å². The maximum Gasteiger partial charge on any atom is 0.239 e. The monoisotopic (exact) mass is 265 g/mol. The maximum atomic E-state index is 11.0. The third-order valence-electron chi connectivity index (χ3n) is 2.12. The SMILES string of the molecule is Nc1cccc(Oc2ccc(S(N)(=O)=O)cn2)c1. The van der Waals surface area contributed by atoms with Crippen molar-refractivity contribution in [1.29, 1.82) is 0 Å². The van der Waals surface area contributed by atoms with Gasteiger partial charge < -0.3 is 10.5 Å². The fourth-order valence-electron chi connectivity index (χ4n) is 1.29. The van der Waals surface area contributed by atoms with E-state index < -0.39 is 10.0 Å². The molecule has 1 aromatic carbocycles. The molecule has 0 aliphatic heterocycles. The lowest BCUT2D eigenvalue weighted by Gasteiger charge is -2.05. The second kappa shape index (κ2) is 4.63. The van der Waals surface area contributed by atoms with Crippen molar-refractivity contribution in [1.82, 2.24) is 4.98 Å². The Balaban J connectivity index is 2.21. The van der Waals surface area contributed by atoms with Gasteiger partial charge in [0.2, 0.25) is 15.9 Å². The summed E-state index contributed by atoms with van der Waals surface area (Å²) in [5.74, 6) is 0.777. The number of nitrogens with zero attached hydrogens (tertiary/aromatic N) is 1. The van der Waals surface area contributed by atoms with Crippen LogP contribution in [0.3, 0.4) is 0 Å². The molecule has 6 nitrogen and oxygen atoms in total. The molecule has 2 rings (SSSR count). The Bertz CT molecular complexity index is 653. The molecular weight excluding hydrogens is 254 g/mol. The zero-order chi connectivity index (χ0) is 13.2. The van der Waals surface area contributed by atoms with Gasteiger partial charge in [0, 0.05) is 17.8 Å². The zero-order valence-corrected chi connectivity index (χ0v) is 10.1. The number of rotatable bonds is 3. The molecule has 4 N–H and O–H groups in total. The summed E-state index contributed by atoms with van der Waals surface area (Å²) >= 11 is 0. The molecule has 0 saturated carbocycles. The van der Waals surface area contributed by atoms with Gasteiger partial charge in [-0.15, -0.1) is 0 Å². The molecule has 2 aromatic rings. The van der Waals surface area contributed by atoms with Crippen LogP contribution in [-0.2, 0) is 10.0 Å². The van der Waals surface area contributed by atoms with E-state index in [0.29, 0.717) is 11.4 Å². The van der Waals surface area contributed by atoms with Gasteiger partial charge >= 0.3 is 0 Å². The largest absolute Gasteiger partial charge is 0.439 e. The Morgan fingerprint density at radius 3 is 2.50 bits per heavy atom. The smallest absolute Gasteiger partial charge is 0.239 e. The number of aromatic nitrogens is 1. The third-order valence-corrected chi connectivity index (χ3v) is 3.02. The van der Waals surface area contributed by atoms with Crippen molar-refractivity contribution in [3.05, 3.63) is 42.6 Å². The summed E-state index contributed by atoms with van der Waals surface area (Å²) in [5.41, 5.74) is 6.16. The van der Waals surface area contributed by atoms with Gasteiger partial charge in [-0.3, -0.25) is 0 Å². The number of ether oxygens (including phenoxy) is 1. The predicted octanol–water partition coefficient (Wildman–Crippen LogP) is 1.10. The zero-order valence-electron chi connectivity index (χ0n) is 9.28. The van der Waals surface area contributed by atoms with Crippen LogP contribution >= 0.6 is 0 Å². The van der Waals surface area contributed by atoms with Crippen LogP contribution in [0.25, 0.3) is 0 Å². The highest BCUT2D eigenvalue weighted by Crippen LogP contribution is 2.21. The van der Waals surface area contributed by atoms with Gasteiger partial charge in [-0.2, -0.15) is 0 Å². The van der Waals surface area contributed by atoms with E-state index in [9.17, 15) is 8.42 Å². The minimum Gasteiger partial charge on any atom is -0.439 e. The standard InChI is InChI=1S/C11H11N3O3S/c12-8-2-1-3-9(6-8)17-11-5-4-10(7-14-11)18(13,15)16/h1-7H,12H2,(H2,13,15,16). The van der Waals surface area contributed by atoms with E-state index in [0.717, 1.165) is 6.20 Å². The van der Waals surface area contributed by atoms with Crippen molar-refractivity contribution in [3.8, 4) is 11.6 Å². The van der Waals surface area contributed by atoms with E-state index in [1.807, 2.05) is 0 Å². The molecule has 0 amide bonds. The molecule has 0 aliphatic carbocycles. The minimum atomic E-state index is -3.74. The lowest BCUT2D eigenvalue weighted by atomic mass is 10.3. The summed E-state index contributed by atoms with van der Waals surface area (Å²) < 4.78 is 27.5. The van der Waals surface area contributed by atoms with Gasteiger partial charge in [0.15, 0.2) is 0 Å². The van der Waals surface area contributed by atoms with Crippen molar-refractivity contribution in [2.45, 2.75) is 4.90 Å². The molecule has 0 radical (unpaired) electrons. The number of hydrogen-bond donors (Lipinski definition) is 2. The van der Waals surface area contributed by atoms with Gasteiger partial charge in [0.05, 0.1) is 6.20 Å². The van der Waals surface area contributed by atoms with Crippen LogP contribution in [0, 0.1) is 0 Å². The van der Waals surface area contributed by atoms with Gasteiger partial charge in [-0.1, -0.05) is 6.07 Å². The van der Waals surface area contributed by atoms with Crippen LogP contribution in [0.5, 0.6) is 11.6 Å². The highest BCUT2D eigenvalue weighted by molar-refractivity contribution is 7.89. The molecule has 0 aliphatic rings. The summed E-state index contributed by atoms with van der Waals surface area (Å²) in [6.45, 7) is 0. The number of pyridine rings is 1. The van der Waals surface area contributed by atoms with Gasteiger partial charge in [-0.25, -0.2) is 18.5 Å². The molecule has 0 unspecified atom stereocenters. The first-order chi connectivity index (χ1) is 8.45.